The maximum atomic E-state index is 12.5. The highest BCUT2D eigenvalue weighted by atomic mass is 19.1. The van der Waals surface area contributed by atoms with Gasteiger partial charge < -0.3 is 10.1 Å². The number of nitriles is 1. The van der Waals surface area contributed by atoms with Gasteiger partial charge in [-0.1, -0.05) is 12.1 Å². The number of ether oxygens (including phenoxy) is 1. The zero-order valence-electron chi connectivity index (χ0n) is 14.6. The van der Waals surface area contributed by atoms with Gasteiger partial charge in [-0.3, -0.25) is 4.79 Å². The number of carbonyl (C=O) groups is 1. The topological polar surface area (TPSA) is 79.9 Å². The third-order valence-electron chi connectivity index (χ3n) is 3.86. The Labute approximate surface area is 155 Å². The molecule has 0 radical (unpaired) electrons. The number of carbonyl (C=O) groups excluding carboxylic acids is 1. The molecule has 136 valence electrons. The van der Waals surface area contributed by atoms with Crippen LogP contribution in [0.25, 0.3) is 5.69 Å². The van der Waals surface area contributed by atoms with E-state index >= 15 is 0 Å². The van der Waals surface area contributed by atoms with Gasteiger partial charge in [-0.15, -0.1) is 0 Å². The summed E-state index contributed by atoms with van der Waals surface area (Å²) in [7, 11) is 0. The first-order chi connectivity index (χ1) is 13.1. The van der Waals surface area contributed by atoms with Gasteiger partial charge in [-0.05, 0) is 42.8 Å². The summed E-state index contributed by atoms with van der Waals surface area (Å²) in [5, 5.41) is 16.2. The second-order valence-corrected chi connectivity index (χ2v) is 5.68. The smallest absolute Gasteiger partial charge is 0.258 e. The van der Waals surface area contributed by atoms with Crippen LogP contribution in [0.5, 0.6) is 5.75 Å². The highest BCUT2D eigenvalue weighted by molar-refractivity contribution is 6.04. The largest absolute Gasteiger partial charge is 0.492 e. The van der Waals surface area contributed by atoms with Crippen molar-refractivity contribution in [1.29, 1.82) is 5.26 Å². The average molecular weight is 364 g/mol. The van der Waals surface area contributed by atoms with Crippen LogP contribution in [0.3, 0.4) is 0 Å². The molecule has 0 aliphatic carbocycles. The molecule has 3 rings (SSSR count). The van der Waals surface area contributed by atoms with Crippen molar-refractivity contribution in [2.45, 2.75) is 13.6 Å². The quantitative estimate of drug-likeness (QED) is 0.720. The summed E-state index contributed by atoms with van der Waals surface area (Å²) in [6.07, 6.45) is 3.01. The van der Waals surface area contributed by atoms with Crippen LogP contribution in [0.2, 0.25) is 0 Å². The van der Waals surface area contributed by atoms with E-state index in [9.17, 15) is 14.4 Å². The summed E-state index contributed by atoms with van der Waals surface area (Å²) in [5.74, 6) is 0.172. The van der Waals surface area contributed by atoms with Gasteiger partial charge in [0.1, 0.15) is 18.5 Å². The summed E-state index contributed by atoms with van der Waals surface area (Å²) < 4.78 is 19.5. The second-order valence-electron chi connectivity index (χ2n) is 5.68. The number of anilines is 1. The second kappa shape index (κ2) is 8.15. The predicted molar refractivity (Wildman–Crippen MR) is 98.7 cm³/mol. The number of nitrogens with zero attached hydrogens (tertiary/aromatic N) is 3. The van der Waals surface area contributed by atoms with Crippen LogP contribution in [0, 0.1) is 11.3 Å². The Bertz CT molecular complexity index is 990. The highest BCUT2D eigenvalue weighted by Gasteiger charge is 2.12. The van der Waals surface area contributed by atoms with Gasteiger partial charge in [0.15, 0.2) is 0 Å². The van der Waals surface area contributed by atoms with Crippen molar-refractivity contribution in [2.24, 2.45) is 0 Å². The first-order valence-electron chi connectivity index (χ1n) is 8.33. The van der Waals surface area contributed by atoms with Gasteiger partial charge in [-0.2, -0.15) is 10.4 Å². The molecule has 0 unspecified atom stereocenters. The van der Waals surface area contributed by atoms with Crippen LogP contribution in [0.4, 0.5) is 10.1 Å². The van der Waals surface area contributed by atoms with Crippen molar-refractivity contribution in [2.75, 3.05) is 11.9 Å². The molecule has 0 spiro atoms. The molecular weight excluding hydrogens is 347 g/mol. The predicted octanol–water partition coefficient (Wildman–Crippen LogP) is 3.86. The molecule has 0 fully saturated rings. The van der Waals surface area contributed by atoms with Crippen molar-refractivity contribution < 1.29 is 13.9 Å². The summed E-state index contributed by atoms with van der Waals surface area (Å²) in [6.45, 7) is 1.76. The van der Waals surface area contributed by atoms with Crippen molar-refractivity contribution in [1.82, 2.24) is 9.78 Å². The molecule has 2 aromatic carbocycles. The van der Waals surface area contributed by atoms with Crippen LogP contribution >= 0.6 is 0 Å². The molecular formula is C20H17FN4O2. The molecule has 3 aromatic rings. The standard InChI is InChI=1S/C20H17FN4O2/c1-2-27-19-8-7-18(9-15(19)11-22)25-13-16(12-23-25)20(26)24-17-5-3-14(10-21)4-6-17/h3-9,12-13H,2,10H2,1H3,(H,24,26). The molecule has 1 amide bonds. The third-order valence-corrected chi connectivity index (χ3v) is 3.86. The number of aromatic nitrogens is 2. The Kier molecular flexibility index (Phi) is 5.47. The molecule has 6 nitrogen and oxygen atoms in total. The zero-order valence-corrected chi connectivity index (χ0v) is 14.6. The number of benzene rings is 2. The van der Waals surface area contributed by atoms with E-state index in [-0.39, 0.29) is 5.91 Å². The Balaban J connectivity index is 1.77. The van der Waals surface area contributed by atoms with E-state index in [1.165, 1.54) is 10.9 Å². The van der Waals surface area contributed by atoms with Gasteiger partial charge in [0.25, 0.3) is 5.91 Å². The number of amides is 1. The van der Waals surface area contributed by atoms with Gasteiger partial charge in [-0.25, -0.2) is 9.07 Å². The number of nitrogens with one attached hydrogen (secondary N) is 1. The van der Waals surface area contributed by atoms with E-state index in [2.05, 4.69) is 16.5 Å². The molecule has 27 heavy (non-hydrogen) atoms. The third kappa shape index (κ3) is 4.12. The van der Waals surface area contributed by atoms with Gasteiger partial charge in [0, 0.05) is 11.9 Å². The van der Waals surface area contributed by atoms with E-state index in [4.69, 9.17) is 4.74 Å². The number of alkyl halides is 1. The normalized spacial score (nSPS) is 10.3. The lowest BCUT2D eigenvalue weighted by atomic mass is 10.2. The van der Waals surface area contributed by atoms with Crippen molar-refractivity contribution >= 4 is 11.6 Å². The van der Waals surface area contributed by atoms with Crippen LogP contribution < -0.4 is 10.1 Å². The zero-order chi connectivity index (χ0) is 19.2. The van der Waals surface area contributed by atoms with Crippen molar-refractivity contribution in [3.63, 3.8) is 0 Å². The number of rotatable bonds is 6. The number of halogens is 1. The lowest BCUT2D eigenvalue weighted by molar-refractivity contribution is 0.102. The monoisotopic (exact) mass is 364 g/mol. The van der Waals surface area contributed by atoms with E-state index in [0.29, 0.717) is 40.4 Å². The summed E-state index contributed by atoms with van der Waals surface area (Å²) >= 11 is 0. The molecule has 1 aromatic heterocycles. The molecule has 0 saturated heterocycles. The maximum Gasteiger partial charge on any atom is 0.258 e. The fourth-order valence-electron chi connectivity index (χ4n) is 2.49. The Morgan fingerprint density at radius 3 is 2.74 bits per heavy atom. The lowest BCUT2D eigenvalue weighted by Gasteiger charge is -2.07. The first-order valence-corrected chi connectivity index (χ1v) is 8.33. The molecule has 7 heteroatoms. The van der Waals surface area contributed by atoms with E-state index in [1.807, 2.05) is 6.92 Å². The molecule has 1 heterocycles. The molecule has 1 N–H and O–H groups in total. The van der Waals surface area contributed by atoms with Gasteiger partial charge in [0.2, 0.25) is 0 Å². The summed E-state index contributed by atoms with van der Waals surface area (Å²) in [5.41, 5.74) is 2.50. The van der Waals surface area contributed by atoms with Gasteiger partial charge >= 0.3 is 0 Å². The first kappa shape index (κ1) is 18.1. The molecule has 0 saturated carbocycles. The lowest BCUT2D eigenvalue weighted by Crippen LogP contribution is -2.11. The van der Waals surface area contributed by atoms with Crippen LogP contribution in [-0.2, 0) is 6.67 Å². The van der Waals surface area contributed by atoms with Crippen molar-refractivity contribution in [3.05, 3.63) is 71.5 Å². The molecule has 0 aliphatic heterocycles. The van der Waals surface area contributed by atoms with E-state index in [0.717, 1.165) is 0 Å². The minimum absolute atomic E-state index is 0.333. The van der Waals surface area contributed by atoms with E-state index < -0.39 is 6.67 Å². The maximum absolute atomic E-state index is 12.5. The fourth-order valence-corrected chi connectivity index (χ4v) is 2.49. The summed E-state index contributed by atoms with van der Waals surface area (Å²) in [6, 6.07) is 13.7. The number of hydrogen-bond donors (Lipinski definition) is 1. The average Bonchev–Trinajstić information content (AvgIpc) is 3.19. The fraction of sp³-hybridized carbons (Fsp3) is 0.150. The van der Waals surface area contributed by atoms with Crippen molar-refractivity contribution in [3.8, 4) is 17.5 Å². The van der Waals surface area contributed by atoms with Crippen LogP contribution in [0.1, 0.15) is 28.4 Å². The SMILES string of the molecule is CCOc1ccc(-n2cc(C(=O)Nc3ccc(CF)cc3)cn2)cc1C#N. The minimum atomic E-state index is -0.548. The minimum Gasteiger partial charge on any atom is -0.492 e. The molecule has 0 atom stereocenters. The highest BCUT2D eigenvalue weighted by Crippen LogP contribution is 2.21. The summed E-state index contributed by atoms with van der Waals surface area (Å²) in [4.78, 5) is 12.4. The Morgan fingerprint density at radius 2 is 2.07 bits per heavy atom. The Morgan fingerprint density at radius 1 is 1.30 bits per heavy atom. The van der Waals surface area contributed by atoms with Gasteiger partial charge in [0.05, 0.1) is 29.6 Å². The van der Waals surface area contributed by atoms with Crippen LogP contribution in [0.15, 0.2) is 54.9 Å². The van der Waals surface area contributed by atoms with E-state index in [1.54, 1.807) is 48.7 Å². The number of hydrogen-bond acceptors (Lipinski definition) is 4. The Hall–Kier alpha value is -3.66. The molecule has 0 bridgehead atoms. The van der Waals surface area contributed by atoms with Crippen LogP contribution in [-0.4, -0.2) is 22.3 Å². The molecule has 0 aliphatic rings.